The normalized spacial score (nSPS) is 10.7. The number of nitriles is 1. The summed E-state index contributed by atoms with van der Waals surface area (Å²) >= 11 is 0. The van der Waals surface area contributed by atoms with Gasteiger partial charge in [0.2, 0.25) is 0 Å². The third-order valence-electron chi connectivity index (χ3n) is 2.86. The molecule has 0 bridgehead atoms. The van der Waals surface area contributed by atoms with Crippen LogP contribution in [0.3, 0.4) is 0 Å². The minimum absolute atomic E-state index is 0.434. The van der Waals surface area contributed by atoms with Gasteiger partial charge < -0.3 is 0 Å². The molecule has 1 aromatic carbocycles. The molecule has 1 aromatic heterocycles. The first-order valence-electron chi connectivity index (χ1n) is 5.43. The average molecular weight is 210 g/mol. The van der Waals surface area contributed by atoms with Crippen LogP contribution in [-0.4, -0.2) is 4.98 Å². The molecule has 2 heteroatoms. The predicted molar refractivity (Wildman–Crippen MR) is 65.3 cm³/mol. The van der Waals surface area contributed by atoms with Gasteiger partial charge in [-0.25, -0.2) is 0 Å². The van der Waals surface area contributed by atoms with E-state index < -0.39 is 0 Å². The third-order valence-corrected chi connectivity index (χ3v) is 2.86. The Labute approximate surface area is 95.6 Å². The van der Waals surface area contributed by atoms with Crippen LogP contribution in [0, 0.1) is 18.3 Å². The summed E-state index contributed by atoms with van der Waals surface area (Å²) in [5, 5.41) is 10.0. The molecule has 0 saturated carbocycles. The molecule has 0 aliphatic rings. The second-order valence-electron chi connectivity index (χ2n) is 4.36. The molecule has 2 nitrogen and oxygen atoms in total. The van der Waals surface area contributed by atoms with Gasteiger partial charge >= 0.3 is 0 Å². The summed E-state index contributed by atoms with van der Waals surface area (Å²) in [6.45, 7) is 6.28. The fourth-order valence-corrected chi connectivity index (χ4v) is 1.79. The highest BCUT2D eigenvalue weighted by molar-refractivity contribution is 5.87. The average Bonchev–Trinajstić information content (AvgIpc) is 2.29. The van der Waals surface area contributed by atoms with Crippen LogP contribution in [0.4, 0.5) is 0 Å². The summed E-state index contributed by atoms with van der Waals surface area (Å²) in [5.74, 6) is 0.434. The van der Waals surface area contributed by atoms with Crippen LogP contribution in [0.5, 0.6) is 0 Å². The second-order valence-corrected chi connectivity index (χ2v) is 4.36. The number of pyridine rings is 1. The number of rotatable bonds is 1. The summed E-state index contributed by atoms with van der Waals surface area (Å²) < 4.78 is 0. The molecule has 0 radical (unpaired) electrons. The smallest absolute Gasteiger partial charge is 0.0998 e. The Bertz CT molecular complexity index is 577. The number of aromatic nitrogens is 1. The minimum Gasteiger partial charge on any atom is -0.256 e. The molecule has 0 atom stereocenters. The van der Waals surface area contributed by atoms with E-state index >= 15 is 0 Å². The van der Waals surface area contributed by atoms with Gasteiger partial charge in [0.25, 0.3) is 0 Å². The quantitative estimate of drug-likeness (QED) is 0.721. The van der Waals surface area contributed by atoms with Gasteiger partial charge in [0.05, 0.1) is 17.1 Å². The Kier molecular flexibility index (Phi) is 2.62. The maximum Gasteiger partial charge on any atom is 0.0998 e. The van der Waals surface area contributed by atoms with E-state index in [-0.39, 0.29) is 0 Å². The third kappa shape index (κ3) is 1.65. The molecule has 16 heavy (non-hydrogen) atoms. The molecule has 0 N–H and O–H groups in total. The molecule has 1 heterocycles. The first-order valence-corrected chi connectivity index (χ1v) is 5.43. The zero-order valence-corrected chi connectivity index (χ0v) is 9.78. The van der Waals surface area contributed by atoms with Crippen molar-refractivity contribution in [3.05, 3.63) is 41.1 Å². The van der Waals surface area contributed by atoms with Gasteiger partial charge in [-0.05, 0) is 36.1 Å². The van der Waals surface area contributed by atoms with Crippen LogP contribution in [-0.2, 0) is 0 Å². The first kappa shape index (κ1) is 10.6. The number of hydrogen-bond acceptors (Lipinski definition) is 2. The van der Waals surface area contributed by atoms with Crippen molar-refractivity contribution in [1.29, 1.82) is 5.26 Å². The van der Waals surface area contributed by atoms with Crippen molar-refractivity contribution in [2.45, 2.75) is 26.7 Å². The van der Waals surface area contributed by atoms with Gasteiger partial charge in [0.15, 0.2) is 0 Å². The Morgan fingerprint density at radius 3 is 2.69 bits per heavy atom. The van der Waals surface area contributed by atoms with Gasteiger partial charge in [-0.3, -0.25) is 4.98 Å². The standard InChI is InChI=1S/C14H14N2/c1-9(2)12-6-13-11(7-15)5-4-10(3)14(13)16-8-12/h4-6,8-9H,1-3H3. The van der Waals surface area contributed by atoms with Crippen LogP contribution in [0.2, 0.25) is 0 Å². The number of aryl methyl sites for hydroxylation is 1. The highest BCUT2D eigenvalue weighted by Crippen LogP contribution is 2.24. The van der Waals surface area contributed by atoms with Crippen LogP contribution in [0.15, 0.2) is 24.4 Å². The molecular weight excluding hydrogens is 196 g/mol. The Morgan fingerprint density at radius 1 is 1.31 bits per heavy atom. The summed E-state index contributed by atoms with van der Waals surface area (Å²) in [5.41, 5.74) is 3.93. The monoisotopic (exact) mass is 210 g/mol. The molecule has 0 aliphatic heterocycles. The van der Waals surface area contributed by atoms with Crippen LogP contribution in [0.25, 0.3) is 10.9 Å². The van der Waals surface area contributed by atoms with Crippen molar-refractivity contribution < 1.29 is 0 Å². The van der Waals surface area contributed by atoms with Crippen molar-refractivity contribution in [1.82, 2.24) is 4.98 Å². The van der Waals surface area contributed by atoms with Gasteiger partial charge in [0.1, 0.15) is 0 Å². The summed E-state index contributed by atoms with van der Waals surface area (Å²) in [7, 11) is 0. The van der Waals surface area contributed by atoms with E-state index in [1.165, 1.54) is 5.56 Å². The van der Waals surface area contributed by atoms with Gasteiger partial charge in [-0.1, -0.05) is 19.9 Å². The largest absolute Gasteiger partial charge is 0.256 e. The molecule has 80 valence electrons. The number of hydrogen-bond donors (Lipinski definition) is 0. The van der Waals surface area contributed by atoms with Crippen molar-refractivity contribution in [3.8, 4) is 6.07 Å². The lowest BCUT2D eigenvalue weighted by atomic mass is 9.99. The Morgan fingerprint density at radius 2 is 2.06 bits per heavy atom. The number of nitrogens with zero attached hydrogens (tertiary/aromatic N) is 2. The molecule has 0 aliphatic carbocycles. The van der Waals surface area contributed by atoms with Gasteiger partial charge in [-0.15, -0.1) is 0 Å². The molecule has 2 aromatic rings. The molecular formula is C14H14N2. The second kappa shape index (κ2) is 3.94. The van der Waals surface area contributed by atoms with Crippen molar-refractivity contribution in [2.24, 2.45) is 0 Å². The van der Waals surface area contributed by atoms with Crippen molar-refractivity contribution >= 4 is 10.9 Å². The molecule has 0 fully saturated rings. The van der Waals surface area contributed by atoms with E-state index in [0.717, 1.165) is 16.5 Å². The molecule has 0 amide bonds. The lowest BCUT2D eigenvalue weighted by molar-refractivity contribution is 0.862. The molecule has 0 unspecified atom stereocenters. The van der Waals surface area contributed by atoms with Gasteiger partial charge in [-0.2, -0.15) is 5.26 Å². The van der Waals surface area contributed by atoms with Crippen molar-refractivity contribution in [3.63, 3.8) is 0 Å². The number of benzene rings is 1. The van der Waals surface area contributed by atoms with E-state index in [9.17, 15) is 0 Å². The zero-order valence-electron chi connectivity index (χ0n) is 9.78. The van der Waals surface area contributed by atoms with Gasteiger partial charge in [0, 0.05) is 11.6 Å². The topological polar surface area (TPSA) is 36.7 Å². The Balaban J connectivity index is 2.81. The fourth-order valence-electron chi connectivity index (χ4n) is 1.79. The lowest BCUT2D eigenvalue weighted by Crippen LogP contribution is -1.93. The number of fused-ring (bicyclic) bond motifs is 1. The van der Waals surface area contributed by atoms with E-state index in [1.54, 1.807) is 0 Å². The molecule has 0 spiro atoms. The maximum absolute atomic E-state index is 9.08. The minimum atomic E-state index is 0.434. The SMILES string of the molecule is Cc1ccc(C#N)c2cc(C(C)C)cnc12. The highest BCUT2D eigenvalue weighted by atomic mass is 14.7. The lowest BCUT2D eigenvalue weighted by Gasteiger charge is -2.08. The highest BCUT2D eigenvalue weighted by Gasteiger charge is 2.07. The molecule has 0 saturated heterocycles. The predicted octanol–water partition coefficient (Wildman–Crippen LogP) is 3.54. The summed E-state index contributed by atoms with van der Waals surface area (Å²) in [4.78, 5) is 4.46. The van der Waals surface area contributed by atoms with E-state index in [4.69, 9.17) is 5.26 Å². The zero-order chi connectivity index (χ0) is 11.7. The van der Waals surface area contributed by atoms with E-state index in [1.807, 2.05) is 25.3 Å². The van der Waals surface area contributed by atoms with E-state index in [0.29, 0.717) is 11.5 Å². The van der Waals surface area contributed by atoms with Crippen LogP contribution >= 0.6 is 0 Å². The first-order chi connectivity index (χ1) is 7.63. The fraction of sp³-hybridized carbons (Fsp3) is 0.286. The van der Waals surface area contributed by atoms with Crippen molar-refractivity contribution in [2.75, 3.05) is 0 Å². The summed E-state index contributed by atoms with van der Waals surface area (Å²) in [6, 6.07) is 8.12. The van der Waals surface area contributed by atoms with Crippen LogP contribution in [0.1, 0.15) is 36.5 Å². The Hall–Kier alpha value is -1.88. The molecule has 2 rings (SSSR count). The van der Waals surface area contributed by atoms with E-state index in [2.05, 4.69) is 31.0 Å². The summed E-state index contributed by atoms with van der Waals surface area (Å²) in [6.07, 6.45) is 1.90. The maximum atomic E-state index is 9.08. The van der Waals surface area contributed by atoms with Crippen LogP contribution < -0.4 is 0 Å².